The molecule has 0 unspecified atom stereocenters. The third kappa shape index (κ3) is 7.57. The first-order valence-electron chi connectivity index (χ1n) is 9.39. The normalized spacial score (nSPS) is 10.4. The molecule has 2 aromatic rings. The molecule has 148 valence electrons. The van der Waals surface area contributed by atoms with E-state index in [0.29, 0.717) is 30.5 Å². The Morgan fingerprint density at radius 3 is 1.96 bits per heavy atom. The molecule has 0 fully saturated rings. The maximum atomic E-state index is 9.10. The Morgan fingerprint density at radius 1 is 0.852 bits per heavy atom. The monoisotopic (exact) mass is 374 g/mol. The van der Waals surface area contributed by atoms with E-state index in [1.807, 2.05) is 45.9 Å². The van der Waals surface area contributed by atoms with Crippen LogP contribution in [0.3, 0.4) is 0 Å². The van der Waals surface area contributed by atoms with Gasteiger partial charge < -0.3 is 19.5 Å². The number of aromatic nitrogens is 2. The predicted molar refractivity (Wildman–Crippen MR) is 109 cm³/mol. The van der Waals surface area contributed by atoms with Gasteiger partial charge in [0.1, 0.15) is 0 Å². The lowest BCUT2D eigenvalue weighted by Gasteiger charge is -2.11. The largest absolute Gasteiger partial charge is 0.494 e. The second-order valence-electron chi connectivity index (χ2n) is 6.58. The van der Waals surface area contributed by atoms with E-state index < -0.39 is 7.12 Å². The summed E-state index contributed by atoms with van der Waals surface area (Å²) in [6.07, 6.45) is 0. The molecular formula is C20H31BN2O4. The Bertz CT molecular complexity index is 693. The molecule has 0 atom stereocenters. The van der Waals surface area contributed by atoms with Crippen molar-refractivity contribution in [3.05, 3.63) is 41.7 Å². The van der Waals surface area contributed by atoms with Crippen LogP contribution in [0.2, 0.25) is 0 Å². The highest BCUT2D eigenvalue weighted by molar-refractivity contribution is 6.59. The Kier molecular flexibility index (Phi) is 9.82. The zero-order valence-corrected chi connectivity index (χ0v) is 17.1. The van der Waals surface area contributed by atoms with Gasteiger partial charge in [0.2, 0.25) is 11.8 Å². The Morgan fingerprint density at radius 2 is 1.44 bits per heavy atom. The molecule has 2 rings (SSSR count). The van der Waals surface area contributed by atoms with Crippen molar-refractivity contribution in [3.63, 3.8) is 0 Å². The van der Waals surface area contributed by atoms with Crippen molar-refractivity contribution < 1.29 is 19.5 Å². The maximum absolute atomic E-state index is 9.10. The van der Waals surface area contributed by atoms with E-state index in [0.717, 1.165) is 17.3 Å². The molecule has 7 heteroatoms. The molecule has 6 nitrogen and oxygen atoms in total. The van der Waals surface area contributed by atoms with Gasteiger partial charge in [0.15, 0.2) is 0 Å². The van der Waals surface area contributed by atoms with Gasteiger partial charge in [-0.1, -0.05) is 39.8 Å². The Hall–Kier alpha value is -2.12. The summed E-state index contributed by atoms with van der Waals surface area (Å²) in [7, 11) is -1.54. The van der Waals surface area contributed by atoms with Crippen molar-refractivity contribution in [2.75, 3.05) is 13.2 Å². The fourth-order valence-electron chi connectivity index (χ4n) is 2.22. The summed E-state index contributed by atoms with van der Waals surface area (Å²) in [4.78, 5) is 8.58. The fraction of sp³-hybridized carbons (Fsp3) is 0.500. The van der Waals surface area contributed by atoms with Gasteiger partial charge in [-0.15, -0.1) is 0 Å². The lowest BCUT2D eigenvalue weighted by molar-refractivity contribution is 0.325. The average Bonchev–Trinajstić information content (AvgIpc) is 2.62. The summed E-state index contributed by atoms with van der Waals surface area (Å²) in [6.45, 7) is 13.2. The second-order valence-corrected chi connectivity index (χ2v) is 6.58. The van der Waals surface area contributed by atoms with Crippen molar-refractivity contribution >= 4 is 12.6 Å². The van der Waals surface area contributed by atoms with Crippen LogP contribution in [0.15, 0.2) is 30.3 Å². The summed E-state index contributed by atoms with van der Waals surface area (Å²) < 4.78 is 10.5. The molecule has 0 aliphatic rings. The van der Waals surface area contributed by atoms with Crippen LogP contribution in [0.4, 0.5) is 0 Å². The number of ether oxygens (including phenoxy) is 2. The molecule has 0 spiro atoms. The molecule has 27 heavy (non-hydrogen) atoms. The van der Waals surface area contributed by atoms with Gasteiger partial charge in [0.25, 0.3) is 0 Å². The summed E-state index contributed by atoms with van der Waals surface area (Å²) in [5, 5.41) is 18.2. The summed E-state index contributed by atoms with van der Waals surface area (Å²) in [5.41, 5.74) is 2.27. The molecule has 2 aromatic heterocycles. The molecule has 2 heterocycles. The lowest BCUT2D eigenvalue weighted by atomic mass is 9.80. The lowest BCUT2D eigenvalue weighted by Crippen LogP contribution is -2.32. The van der Waals surface area contributed by atoms with Crippen molar-refractivity contribution in [3.8, 4) is 11.8 Å². The molecule has 0 aliphatic carbocycles. The first kappa shape index (κ1) is 22.9. The number of hydrogen-bond acceptors (Lipinski definition) is 6. The minimum Gasteiger partial charge on any atom is -0.478 e. The summed E-state index contributed by atoms with van der Waals surface area (Å²) in [5.74, 6) is 1.78. The van der Waals surface area contributed by atoms with E-state index in [2.05, 4.69) is 23.8 Å². The van der Waals surface area contributed by atoms with Gasteiger partial charge in [-0.3, -0.25) is 0 Å². The highest BCUT2D eigenvalue weighted by Gasteiger charge is 2.19. The molecule has 0 aliphatic heterocycles. The van der Waals surface area contributed by atoms with Crippen LogP contribution in [-0.2, 0) is 0 Å². The molecule has 2 N–H and O–H groups in total. The quantitative estimate of drug-likeness (QED) is 0.725. The fourth-order valence-corrected chi connectivity index (χ4v) is 2.22. The van der Waals surface area contributed by atoms with Gasteiger partial charge >= 0.3 is 7.12 Å². The zero-order chi connectivity index (χ0) is 20.4. The highest BCUT2D eigenvalue weighted by atomic mass is 16.5. The van der Waals surface area contributed by atoms with Crippen LogP contribution in [0.1, 0.15) is 64.8 Å². The van der Waals surface area contributed by atoms with Crippen LogP contribution in [0, 0.1) is 0 Å². The van der Waals surface area contributed by atoms with Crippen molar-refractivity contribution in [2.45, 2.75) is 53.4 Å². The van der Waals surface area contributed by atoms with Crippen LogP contribution in [-0.4, -0.2) is 40.3 Å². The highest BCUT2D eigenvalue weighted by Crippen LogP contribution is 2.15. The molecular weight excluding hydrogens is 343 g/mol. The van der Waals surface area contributed by atoms with Crippen molar-refractivity contribution in [2.24, 2.45) is 0 Å². The first-order valence-corrected chi connectivity index (χ1v) is 9.39. The third-order valence-electron chi connectivity index (χ3n) is 3.69. The minimum atomic E-state index is -1.54. The van der Waals surface area contributed by atoms with E-state index in [1.54, 1.807) is 12.1 Å². The van der Waals surface area contributed by atoms with Gasteiger partial charge in [0.05, 0.1) is 13.2 Å². The van der Waals surface area contributed by atoms with E-state index >= 15 is 0 Å². The average molecular weight is 374 g/mol. The first-order chi connectivity index (χ1) is 12.8. The topological polar surface area (TPSA) is 84.7 Å². The Labute approximate surface area is 162 Å². The van der Waals surface area contributed by atoms with Crippen LogP contribution in [0.5, 0.6) is 11.8 Å². The molecule has 0 amide bonds. The second kappa shape index (κ2) is 11.6. The number of hydrogen-bond donors (Lipinski definition) is 2. The minimum absolute atomic E-state index is 0.286. The molecule has 0 saturated heterocycles. The van der Waals surface area contributed by atoms with Gasteiger partial charge in [-0.25, -0.2) is 9.97 Å². The SMILES string of the molecule is CCOc1cccc(C(C)C)n1.CCOc1nc(C(C)C)ccc1B(O)O. The maximum Gasteiger partial charge on any atom is 0.494 e. The van der Waals surface area contributed by atoms with E-state index in [4.69, 9.17) is 19.5 Å². The number of rotatable bonds is 7. The predicted octanol–water partition coefficient (Wildman–Crippen LogP) is 2.89. The molecule has 0 bridgehead atoms. The third-order valence-corrected chi connectivity index (χ3v) is 3.69. The summed E-state index contributed by atoms with van der Waals surface area (Å²) >= 11 is 0. The summed E-state index contributed by atoms with van der Waals surface area (Å²) in [6, 6.07) is 9.30. The Balaban J connectivity index is 0.000000277. The van der Waals surface area contributed by atoms with Crippen LogP contribution < -0.4 is 14.9 Å². The molecule has 0 aromatic carbocycles. The van der Waals surface area contributed by atoms with Gasteiger partial charge in [0, 0.05) is 22.9 Å². The number of pyridine rings is 2. The smallest absolute Gasteiger partial charge is 0.478 e. The van der Waals surface area contributed by atoms with Gasteiger partial charge in [-0.2, -0.15) is 0 Å². The molecule has 0 saturated carbocycles. The van der Waals surface area contributed by atoms with E-state index in [-0.39, 0.29) is 5.92 Å². The van der Waals surface area contributed by atoms with Gasteiger partial charge in [-0.05, 0) is 37.8 Å². The standard InChI is InChI=1S/C10H16BNO3.C10H15NO/c1-4-15-10-8(11(13)14)5-6-9(12-10)7(2)3;1-4-12-10-7-5-6-9(11-10)8(2)3/h5-7,13-14H,4H2,1-3H3;5-8H,4H2,1-3H3. The number of nitrogens with zero attached hydrogens (tertiary/aromatic N) is 2. The molecule has 0 radical (unpaired) electrons. The van der Waals surface area contributed by atoms with E-state index in [1.165, 1.54) is 0 Å². The van der Waals surface area contributed by atoms with Crippen molar-refractivity contribution in [1.29, 1.82) is 0 Å². The van der Waals surface area contributed by atoms with E-state index in [9.17, 15) is 0 Å². The van der Waals surface area contributed by atoms with Crippen LogP contribution in [0.25, 0.3) is 0 Å². The van der Waals surface area contributed by atoms with Crippen LogP contribution >= 0.6 is 0 Å². The van der Waals surface area contributed by atoms with Crippen molar-refractivity contribution in [1.82, 2.24) is 9.97 Å². The zero-order valence-electron chi connectivity index (χ0n) is 17.1.